The summed E-state index contributed by atoms with van der Waals surface area (Å²) < 4.78 is 0. The molecule has 0 fully saturated rings. The van der Waals surface area contributed by atoms with Crippen molar-refractivity contribution in [3.8, 4) is 0 Å². The summed E-state index contributed by atoms with van der Waals surface area (Å²) >= 11 is 0. The zero-order chi connectivity index (χ0) is 14.3. The third-order valence-corrected chi connectivity index (χ3v) is 2.43. The van der Waals surface area contributed by atoms with Crippen molar-refractivity contribution in [2.75, 3.05) is 0 Å². The fraction of sp³-hybridized carbons (Fsp3) is 0.235. The highest BCUT2D eigenvalue weighted by molar-refractivity contribution is 6.09. The molecular formula is C17H21NO. The van der Waals surface area contributed by atoms with E-state index in [0.29, 0.717) is 6.04 Å². The summed E-state index contributed by atoms with van der Waals surface area (Å²) in [6.07, 6.45) is 0. The van der Waals surface area contributed by atoms with Crippen LogP contribution in [0.25, 0.3) is 0 Å². The summed E-state index contributed by atoms with van der Waals surface area (Å²) in [6.45, 7) is 5.84. The molecule has 2 N–H and O–H groups in total. The maximum Gasteiger partial charge on any atom is 0.193 e. The van der Waals surface area contributed by atoms with E-state index in [0.717, 1.165) is 16.7 Å². The van der Waals surface area contributed by atoms with Crippen molar-refractivity contribution >= 4 is 5.78 Å². The van der Waals surface area contributed by atoms with Gasteiger partial charge in [-0.1, -0.05) is 68.4 Å². The number of ketones is 1. The Labute approximate surface area is 115 Å². The summed E-state index contributed by atoms with van der Waals surface area (Å²) in [7, 11) is 0. The molecule has 0 saturated heterocycles. The van der Waals surface area contributed by atoms with Gasteiger partial charge in [0.05, 0.1) is 0 Å². The summed E-state index contributed by atoms with van der Waals surface area (Å²) in [4.78, 5) is 12.1. The van der Waals surface area contributed by atoms with E-state index >= 15 is 0 Å². The molecule has 0 aliphatic carbocycles. The fourth-order valence-corrected chi connectivity index (χ4v) is 1.57. The monoisotopic (exact) mass is 255 g/mol. The molecule has 0 bridgehead atoms. The smallest absolute Gasteiger partial charge is 0.193 e. The molecule has 2 nitrogen and oxygen atoms in total. The second-order valence-corrected chi connectivity index (χ2v) is 4.75. The zero-order valence-electron chi connectivity index (χ0n) is 11.8. The van der Waals surface area contributed by atoms with E-state index in [1.54, 1.807) is 0 Å². The Hall–Kier alpha value is -1.93. The van der Waals surface area contributed by atoms with Crippen molar-refractivity contribution in [2.45, 2.75) is 26.8 Å². The molecule has 0 aliphatic rings. The van der Waals surface area contributed by atoms with Gasteiger partial charge in [0.1, 0.15) is 0 Å². The largest absolute Gasteiger partial charge is 0.328 e. The van der Waals surface area contributed by atoms with Crippen LogP contribution in [0.3, 0.4) is 0 Å². The molecule has 0 aliphatic heterocycles. The van der Waals surface area contributed by atoms with Gasteiger partial charge in [-0.15, -0.1) is 0 Å². The van der Waals surface area contributed by atoms with Gasteiger partial charge in [0.2, 0.25) is 0 Å². The van der Waals surface area contributed by atoms with Crippen LogP contribution < -0.4 is 5.73 Å². The number of carbonyl (C=O) groups excluding carboxylic acids is 1. The Morgan fingerprint density at radius 2 is 1.42 bits per heavy atom. The lowest BCUT2D eigenvalue weighted by atomic mass is 9.99. The van der Waals surface area contributed by atoms with Crippen molar-refractivity contribution in [2.24, 2.45) is 5.73 Å². The minimum atomic E-state index is 0.0914. The Morgan fingerprint density at radius 3 is 1.95 bits per heavy atom. The highest BCUT2D eigenvalue weighted by atomic mass is 16.1. The van der Waals surface area contributed by atoms with E-state index in [2.05, 4.69) is 0 Å². The molecule has 0 aromatic heterocycles. The number of aryl methyl sites for hydroxylation is 1. The van der Waals surface area contributed by atoms with Crippen LogP contribution in [0, 0.1) is 6.92 Å². The molecule has 2 rings (SSSR count). The third kappa shape index (κ3) is 5.06. The van der Waals surface area contributed by atoms with Crippen LogP contribution in [-0.2, 0) is 0 Å². The van der Waals surface area contributed by atoms with Gasteiger partial charge < -0.3 is 5.73 Å². The number of hydrogen-bond donors (Lipinski definition) is 1. The summed E-state index contributed by atoms with van der Waals surface area (Å²) in [5.74, 6) is 0.0914. The fourth-order valence-electron chi connectivity index (χ4n) is 1.57. The van der Waals surface area contributed by atoms with Crippen LogP contribution in [0.2, 0.25) is 0 Å². The molecule has 0 atom stereocenters. The first-order valence-corrected chi connectivity index (χ1v) is 6.43. The van der Waals surface area contributed by atoms with E-state index in [1.165, 1.54) is 0 Å². The molecule has 100 valence electrons. The summed E-state index contributed by atoms with van der Waals surface area (Å²) in [5, 5.41) is 0. The second kappa shape index (κ2) is 7.49. The Balaban J connectivity index is 0.000000399. The van der Waals surface area contributed by atoms with Crippen molar-refractivity contribution in [1.29, 1.82) is 0 Å². The first-order valence-electron chi connectivity index (χ1n) is 6.43. The normalized spacial score (nSPS) is 9.74. The van der Waals surface area contributed by atoms with Crippen LogP contribution in [0.5, 0.6) is 0 Å². The molecule has 0 saturated carbocycles. The Kier molecular flexibility index (Phi) is 5.97. The molecule has 0 radical (unpaired) electrons. The predicted molar refractivity (Wildman–Crippen MR) is 80.4 cm³/mol. The molecule has 0 heterocycles. The lowest BCUT2D eigenvalue weighted by Crippen LogP contribution is -2.06. The highest BCUT2D eigenvalue weighted by Gasteiger charge is 2.09. The molecule has 2 heteroatoms. The zero-order valence-corrected chi connectivity index (χ0v) is 11.8. The van der Waals surface area contributed by atoms with Crippen molar-refractivity contribution in [3.63, 3.8) is 0 Å². The first kappa shape index (κ1) is 15.1. The van der Waals surface area contributed by atoms with Crippen LogP contribution >= 0.6 is 0 Å². The minimum absolute atomic E-state index is 0.0914. The lowest BCUT2D eigenvalue weighted by molar-refractivity contribution is 0.103. The van der Waals surface area contributed by atoms with Gasteiger partial charge in [-0.25, -0.2) is 0 Å². The molecule has 2 aromatic rings. The maximum absolute atomic E-state index is 12.1. The van der Waals surface area contributed by atoms with Gasteiger partial charge in [-0.3, -0.25) is 4.79 Å². The number of nitrogens with two attached hydrogens (primary N) is 1. The van der Waals surface area contributed by atoms with Gasteiger partial charge in [0, 0.05) is 11.1 Å². The van der Waals surface area contributed by atoms with E-state index < -0.39 is 0 Å². The van der Waals surface area contributed by atoms with Crippen LogP contribution in [0.4, 0.5) is 0 Å². The first-order chi connectivity index (χ1) is 9.02. The lowest BCUT2D eigenvalue weighted by Gasteiger charge is -2.03. The molecule has 0 amide bonds. The topological polar surface area (TPSA) is 43.1 Å². The molecule has 0 unspecified atom stereocenters. The minimum Gasteiger partial charge on any atom is -0.328 e. The van der Waals surface area contributed by atoms with Gasteiger partial charge in [-0.05, 0) is 18.5 Å². The number of rotatable bonds is 2. The van der Waals surface area contributed by atoms with Crippen LogP contribution in [0.15, 0.2) is 54.6 Å². The van der Waals surface area contributed by atoms with Crippen LogP contribution in [0.1, 0.15) is 35.3 Å². The molecule has 2 aromatic carbocycles. The summed E-state index contributed by atoms with van der Waals surface area (Å²) in [5.41, 5.74) is 7.65. The van der Waals surface area contributed by atoms with E-state index in [9.17, 15) is 4.79 Å². The van der Waals surface area contributed by atoms with Crippen molar-refractivity contribution < 1.29 is 4.79 Å². The van der Waals surface area contributed by atoms with Gasteiger partial charge in [0.15, 0.2) is 5.78 Å². The maximum atomic E-state index is 12.1. The van der Waals surface area contributed by atoms with Gasteiger partial charge >= 0.3 is 0 Å². The highest BCUT2D eigenvalue weighted by Crippen LogP contribution is 2.13. The van der Waals surface area contributed by atoms with E-state index in [1.807, 2.05) is 75.4 Å². The average Bonchev–Trinajstić information content (AvgIpc) is 2.39. The van der Waals surface area contributed by atoms with Crippen molar-refractivity contribution in [1.82, 2.24) is 0 Å². The van der Waals surface area contributed by atoms with E-state index in [-0.39, 0.29) is 5.78 Å². The molecule has 19 heavy (non-hydrogen) atoms. The SMILES string of the molecule is CC(C)N.Cc1ccccc1C(=O)c1ccccc1. The summed E-state index contributed by atoms with van der Waals surface area (Å²) in [6, 6.07) is 17.3. The van der Waals surface area contributed by atoms with E-state index in [4.69, 9.17) is 5.73 Å². The van der Waals surface area contributed by atoms with Gasteiger partial charge in [0.25, 0.3) is 0 Å². The average molecular weight is 255 g/mol. The predicted octanol–water partition coefficient (Wildman–Crippen LogP) is 3.58. The number of carbonyl (C=O) groups is 1. The Morgan fingerprint density at radius 1 is 0.947 bits per heavy atom. The molecule has 0 spiro atoms. The third-order valence-electron chi connectivity index (χ3n) is 2.43. The van der Waals surface area contributed by atoms with Gasteiger partial charge in [-0.2, -0.15) is 0 Å². The number of hydrogen-bond acceptors (Lipinski definition) is 2. The standard InChI is InChI=1S/C14H12O.C3H9N/c1-11-7-5-6-10-13(11)14(15)12-8-3-2-4-9-12;1-3(2)4/h2-10H,1H3;3H,4H2,1-2H3. The quantitative estimate of drug-likeness (QED) is 0.833. The second-order valence-electron chi connectivity index (χ2n) is 4.75. The van der Waals surface area contributed by atoms with Crippen molar-refractivity contribution in [3.05, 3.63) is 71.3 Å². The van der Waals surface area contributed by atoms with Crippen LogP contribution in [-0.4, -0.2) is 11.8 Å². The Bertz CT molecular complexity index is 515. The molecular weight excluding hydrogens is 234 g/mol. The number of benzene rings is 2.